The van der Waals surface area contributed by atoms with Gasteiger partial charge in [-0.2, -0.15) is 0 Å². The number of aliphatic carboxylic acids is 1. The Labute approximate surface area is 87.5 Å². The van der Waals surface area contributed by atoms with Gasteiger partial charge < -0.3 is 5.11 Å². The van der Waals surface area contributed by atoms with Crippen LogP contribution in [0.2, 0.25) is 0 Å². The van der Waals surface area contributed by atoms with Gasteiger partial charge >= 0.3 is 32.2 Å². The van der Waals surface area contributed by atoms with E-state index in [1.165, 1.54) is 0 Å². The van der Waals surface area contributed by atoms with E-state index in [0.717, 1.165) is 25.7 Å². The molecule has 1 atom stereocenters. The summed E-state index contributed by atoms with van der Waals surface area (Å²) >= 11 is 0. The maximum atomic E-state index is 10.4. The summed E-state index contributed by atoms with van der Waals surface area (Å²) in [4.78, 5) is 10.4. The van der Waals surface area contributed by atoms with Gasteiger partial charge in [-0.15, -0.1) is 0 Å². The molecule has 0 aliphatic heterocycles. The van der Waals surface area contributed by atoms with Crippen LogP contribution in [0.1, 0.15) is 39.5 Å². The summed E-state index contributed by atoms with van der Waals surface area (Å²) in [6.45, 7) is 4.00. The second kappa shape index (κ2) is 8.45. The van der Waals surface area contributed by atoms with Crippen LogP contribution in [-0.4, -0.2) is 37.3 Å². The minimum atomic E-state index is -0.643. The summed E-state index contributed by atoms with van der Waals surface area (Å²) < 4.78 is 0. The molecule has 0 spiro atoms. The molecule has 0 aromatic carbocycles. The fourth-order valence-corrected chi connectivity index (χ4v) is 0.953. The van der Waals surface area contributed by atoms with Gasteiger partial charge in [0.05, 0.1) is 5.92 Å². The van der Waals surface area contributed by atoms with Crippen LogP contribution in [0.3, 0.4) is 0 Å². The van der Waals surface area contributed by atoms with E-state index in [4.69, 9.17) is 5.11 Å². The zero-order valence-electron chi connectivity index (χ0n) is 7.21. The molecule has 0 aliphatic carbocycles. The molecule has 0 heterocycles. The van der Waals surface area contributed by atoms with Gasteiger partial charge in [-0.05, 0) is 12.8 Å². The molecule has 0 saturated carbocycles. The molecule has 0 amide bonds. The van der Waals surface area contributed by atoms with Crippen LogP contribution >= 0.6 is 0 Å². The number of carboxylic acids is 1. The molecule has 1 unspecified atom stereocenters. The van der Waals surface area contributed by atoms with Gasteiger partial charge in [0.15, 0.2) is 0 Å². The SMILES string of the molecule is CCCCC(CC)C(=O)O.[Bi+3]. The molecule has 0 aliphatic rings. The molecular formula is C8H16BiO2+3. The average molecular weight is 353 g/mol. The number of carbonyl (C=O) groups is 1. The van der Waals surface area contributed by atoms with E-state index in [2.05, 4.69) is 6.92 Å². The van der Waals surface area contributed by atoms with Crippen molar-refractivity contribution in [2.45, 2.75) is 39.5 Å². The Bertz CT molecular complexity index is 104. The molecule has 0 saturated heterocycles. The van der Waals surface area contributed by atoms with Crippen molar-refractivity contribution in [2.75, 3.05) is 0 Å². The standard InChI is InChI=1S/C8H16O2.Bi/c1-3-5-6-7(4-2)8(9)10;/h7H,3-6H2,1-2H3,(H,9,10);/q;+3. The Hall–Kier alpha value is 0.353. The zero-order valence-corrected chi connectivity index (χ0v) is 10.7. The second-order valence-electron chi connectivity index (χ2n) is 2.59. The third-order valence-electron chi connectivity index (χ3n) is 1.75. The van der Waals surface area contributed by atoms with E-state index < -0.39 is 5.97 Å². The van der Waals surface area contributed by atoms with Gasteiger partial charge in [0, 0.05) is 0 Å². The molecule has 0 bridgehead atoms. The molecule has 0 aromatic heterocycles. The normalized spacial score (nSPS) is 11.8. The van der Waals surface area contributed by atoms with Crippen molar-refractivity contribution in [3.8, 4) is 0 Å². The van der Waals surface area contributed by atoms with Gasteiger partial charge in [0.1, 0.15) is 0 Å². The summed E-state index contributed by atoms with van der Waals surface area (Å²) in [5.41, 5.74) is 0. The predicted octanol–water partition coefficient (Wildman–Crippen LogP) is 1.91. The maximum Gasteiger partial charge on any atom is 3.00 e. The van der Waals surface area contributed by atoms with Crippen molar-refractivity contribution in [3.05, 3.63) is 0 Å². The molecular weight excluding hydrogens is 337 g/mol. The summed E-state index contributed by atoms with van der Waals surface area (Å²) in [5, 5.41) is 8.60. The van der Waals surface area contributed by atoms with E-state index in [9.17, 15) is 4.79 Å². The van der Waals surface area contributed by atoms with E-state index in [1.807, 2.05) is 6.92 Å². The monoisotopic (exact) mass is 353 g/mol. The summed E-state index contributed by atoms with van der Waals surface area (Å²) in [6.07, 6.45) is 3.71. The average Bonchev–Trinajstić information content (AvgIpc) is 1.89. The van der Waals surface area contributed by atoms with Gasteiger partial charge in [0.2, 0.25) is 0 Å². The van der Waals surface area contributed by atoms with E-state index in [1.54, 1.807) is 0 Å². The third-order valence-corrected chi connectivity index (χ3v) is 1.75. The Morgan fingerprint density at radius 1 is 1.45 bits per heavy atom. The first kappa shape index (κ1) is 13.9. The van der Waals surface area contributed by atoms with Gasteiger partial charge in [-0.1, -0.05) is 26.7 Å². The van der Waals surface area contributed by atoms with Crippen LogP contribution in [0.4, 0.5) is 0 Å². The minimum absolute atomic E-state index is 0. The fraction of sp³-hybridized carbons (Fsp3) is 0.875. The zero-order chi connectivity index (χ0) is 7.98. The Morgan fingerprint density at radius 2 is 2.00 bits per heavy atom. The minimum Gasteiger partial charge on any atom is -0.481 e. The van der Waals surface area contributed by atoms with E-state index in [0.29, 0.717) is 0 Å². The number of hydrogen-bond acceptors (Lipinski definition) is 1. The maximum absolute atomic E-state index is 10.4. The molecule has 11 heavy (non-hydrogen) atoms. The molecule has 0 aromatic rings. The fourth-order valence-electron chi connectivity index (χ4n) is 0.953. The number of carboxylic acid groups (broad SMARTS) is 1. The van der Waals surface area contributed by atoms with Crippen LogP contribution < -0.4 is 0 Å². The Balaban J connectivity index is 0. The summed E-state index contributed by atoms with van der Waals surface area (Å²) in [5.74, 6) is -0.754. The van der Waals surface area contributed by atoms with Crippen LogP contribution in [0.5, 0.6) is 0 Å². The molecule has 0 rings (SSSR count). The number of hydrogen-bond donors (Lipinski definition) is 1. The van der Waals surface area contributed by atoms with Gasteiger partial charge in [-0.3, -0.25) is 4.79 Å². The molecule has 3 heteroatoms. The quantitative estimate of drug-likeness (QED) is 0.767. The van der Waals surface area contributed by atoms with Crippen LogP contribution in [0.15, 0.2) is 0 Å². The summed E-state index contributed by atoms with van der Waals surface area (Å²) in [6, 6.07) is 0. The van der Waals surface area contributed by atoms with Crippen molar-refractivity contribution in [1.29, 1.82) is 0 Å². The first-order valence-corrected chi connectivity index (χ1v) is 3.95. The van der Waals surface area contributed by atoms with Crippen LogP contribution in [0.25, 0.3) is 0 Å². The first-order chi connectivity index (χ1) is 4.72. The Morgan fingerprint density at radius 3 is 2.27 bits per heavy atom. The Kier molecular flexibility index (Phi) is 10.7. The van der Waals surface area contributed by atoms with Crippen LogP contribution in [0, 0.1) is 5.92 Å². The topological polar surface area (TPSA) is 37.3 Å². The van der Waals surface area contributed by atoms with Crippen molar-refractivity contribution in [3.63, 3.8) is 0 Å². The largest absolute Gasteiger partial charge is 3.00 e. The van der Waals surface area contributed by atoms with Gasteiger partial charge in [0.25, 0.3) is 0 Å². The molecule has 0 fully saturated rings. The first-order valence-electron chi connectivity index (χ1n) is 3.95. The number of unbranched alkanes of at least 4 members (excludes halogenated alkanes) is 1. The molecule has 2 radical (unpaired) electrons. The van der Waals surface area contributed by atoms with E-state index >= 15 is 0 Å². The van der Waals surface area contributed by atoms with Crippen molar-refractivity contribution < 1.29 is 9.90 Å². The molecule has 2 nitrogen and oxygen atoms in total. The molecule has 62 valence electrons. The number of rotatable bonds is 5. The smallest absolute Gasteiger partial charge is 0.481 e. The second-order valence-corrected chi connectivity index (χ2v) is 2.59. The van der Waals surface area contributed by atoms with Crippen molar-refractivity contribution in [1.82, 2.24) is 0 Å². The van der Waals surface area contributed by atoms with Gasteiger partial charge in [-0.25, -0.2) is 0 Å². The van der Waals surface area contributed by atoms with Crippen molar-refractivity contribution >= 4 is 32.2 Å². The summed E-state index contributed by atoms with van der Waals surface area (Å²) in [7, 11) is 0. The predicted molar refractivity (Wildman–Crippen MR) is 46.7 cm³/mol. The van der Waals surface area contributed by atoms with E-state index in [-0.39, 0.29) is 32.1 Å². The third kappa shape index (κ3) is 6.74. The van der Waals surface area contributed by atoms with Crippen LogP contribution in [-0.2, 0) is 4.79 Å². The molecule has 1 N–H and O–H groups in total. The van der Waals surface area contributed by atoms with Crippen molar-refractivity contribution in [2.24, 2.45) is 5.92 Å².